The third-order valence-corrected chi connectivity index (χ3v) is 2.86. The predicted molar refractivity (Wildman–Crippen MR) is 69.7 cm³/mol. The van der Waals surface area contributed by atoms with Crippen LogP contribution in [0.15, 0.2) is 59.5 Å². The number of furan rings is 1. The zero-order chi connectivity index (χ0) is 13.8. The molecule has 0 aliphatic rings. The first-order valence-corrected chi connectivity index (χ1v) is 5.73. The Morgan fingerprint density at radius 1 is 1.26 bits per heavy atom. The van der Waals surface area contributed by atoms with Crippen LogP contribution in [0.1, 0.15) is 23.3 Å². The van der Waals surface area contributed by atoms with Gasteiger partial charge in [0.2, 0.25) is 0 Å². The number of rotatable bonds is 5. The minimum absolute atomic E-state index is 0.153. The van der Waals surface area contributed by atoms with Gasteiger partial charge in [-0.05, 0) is 11.6 Å². The molecule has 0 bridgehead atoms. The summed E-state index contributed by atoms with van der Waals surface area (Å²) < 4.78 is 5.01. The lowest BCUT2D eigenvalue weighted by molar-refractivity contribution is -0.402. The van der Waals surface area contributed by atoms with E-state index in [1.807, 2.05) is 30.3 Å². The van der Waals surface area contributed by atoms with Crippen LogP contribution in [0.5, 0.6) is 0 Å². The van der Waals surface area contributed by atoms with Gasteiger partial charge in [-0.2, -0.15) is 0 Å². The van der Waals surface area contributed by atoms with Crippen LogP contribution in [0.3, 0.4) is 0 Å². The summed E-state index contributed by atoms with van der Waals surface area (Å²) in [6, 6.07) is 11.9. The Kier molecular flexibility index (Phi) is 3.77. The second-order valence-corrected chi connectivity index (χ2v) is 4.05. The molecular formula is C14H13NO4. The van der Waals surface area contributed by atoms with Crippen molar-refractivity contribution in [1.82, 2.24) is 0 Å². The molecule has 1 aromatic carbocycles. The Hall–Kier alpha value is -2.40. The van der Waals surface area contributed by atoms with Crippen LogP contribution in [0.2, 0.25) is 0 Å². The number of aliphatic hydroxyl groups excluding tert-OH is 1. The standard InChI is InChI=1S/C14H13NO4/c1-2-11(10-6-4-3-5-7-10)14(16)12-8-9-13(19-12)15(17)18/h2-9,11,14,16H,1H2/t11-,14+/m0/s1. The van der Waals surface area contributed by atoms with E-state index in [-0.39, 0.29) is 17.6 Å². The first-order chi connectivity index (χ1) is 9.13. The van der Waals surface area contributed by atoms with Crippen LogP contribution in [-0.4, -0.2) is 10.0 Å². The molecule has 0 fully saturated rings. The van der Waals surface area contributed by atoms with Crippen LogP contribution in [0, 0.1) is 10.1 Å². The minimum Gasteiger partial charge on any atom is -0.403 e. The van der Waals surface area contributed by atoms with Crippen molar-refractivity contribution in [3.05, 3.63) is 76.6 Å². The molecule has 2 atom stereocenters. The van der Waals surface area contributed by atoms with Crippen molar-refractivity contribution < 1.29 is 14.4 Å². The van der Waals surface area contributed by atoms with Gasteiger partial charge in [-0.15, -0.1) is 6.58 Å². The smallest absolute Gasteiger partial charge is 0.403 e. The van der Waals surface area contributed by atoms with Gasteiger partial charge in [0.1, 0.15) is 16.8 Å². The summed E-state index contributed by atoms with van der Waals surface area (Å²) in [7, 11) is 0. The summed E-state index contributed by atoms with van der Waals surface area (Å²) in [5.74, 6) is -0.614. The number of aliphatic hydroxyl groups is 1. The van der Waals surface area contributed by atoms with Gasteiger partial charge in [-0.3, -0.25) is 10.1 Å². The Balaban J connectivity index is 2.28. The van der Waals surface area contributed by atoms with E-state index in [0.717, 1.165) is 5.56 Å². The van der Waals surface area contributed by atoms with Crippen molar-refractivity contribution in [3.8, 4) is 0 Å². The van der Waals surface area contributed by atoms with Gasteiger partial charge in [0.25, 0.3) is 0 Å². The maximum Gasteiger partial charge on any atom is 0.433 e. The molecule has 0 aliphatic heterocycles. The molecule has 5 heteroatoms. The van der Waals surface area contributed by atoms with Gasteiger partial charge < -0.3 is 9.52 Å². The summed E-state index contributed by atoms with van der Waals surface area (Å²) in [4.78, 5) is 9.92. The second kappa shape index (κ2) is 5.49. The van der Waals surface area contributed by atoms with Crippen molar-refractivity contribution in [2.45, 2.75) is 12.0 Å². The molecule has 0 amide bonds. The molecule has 0 radical (unpaired) electrons. The van der Waals surface area contributed by atoms with Crippen LogP contribution in [0.25, 0.3) is 0 Å². The molecule has 5 nitrogen and oxygen atoms in total. The van der Waals surface area contributed by atoms with Gasteiger partial charge in [0.15, 0.2) is 0 Å². The zero-order valence-corrected chi connectivity index (χ0v) is 10.1. The fourth-order valence-electron chi connectivity index (χ4n) is 1.90. The van der Waals surface area contributed by atoms with Crippen molar-refractivity contribution in [3.63, 3.8) is 0 Å². The Labute approximate surface area is 110 Å². The highest BCUT2D eigenvalue weighted by atomic mass is 16.6. The molecule has 0 saturated carbocycles. The van der Waals surface area contributed by atoms with Crippen molar-refractivity contribution in [2.24, 2.45) is 0 Å². The van der Waals surface area contributed by atoms with Gasteiger partial charge in [0.05, 0.1) is 6.07 Å². The lowest BCUT2D eigenvalue weighted by atomic mass is 9.92. The highest BCUT2D eigenvalue weighted by molar-refractivity contribution is 5.28. The summed E-state index contributed by atoms with van der Waals surface area (Å²) >= 11 is 0. The van der Waals surface area contributed by atoms with E-state index in [0.29, 0.717) is 0 Å². The molecule has 1 heterocycles. The average Bonchev–Trinajstić information content (AvgIpc) is 2.90. The van der Waals surface area contributed by atoms with E-state index in [4.69, 9.17) is 4.42 Å². The van der Waals surface area contributed by atoms with Gasteiger partial charge in [-0.25, -0.2) is 0 Å². The first-order valence-electron chi connectivity index (χ1n) is 5.73. The maximum atomic E-state index is 10.6. The van der Waals surface area contributed by atoms with Gasteiger partial charge >= 0.3 is 5.88 Å². The minimum atomic E-state index is -1.01. The average molecular weight is 259 g/mol. The largest absolute Gasteiger partial charge is 0.433 e. The van der Waals surface area contributed by atoms with Crippen LogP contribution in [0.4, 0.5) is 5.88 Å². The number of hydrogen-bond acceptors (Lipinski definition) is 4. The van der Waals surface area contributed by atoms with Crippen molar-refractivity contribution >= 4 is 5.88 Å². The lowest BCUT2D eigenvalue weighted by Gasteiger charge is -2.17. The molecule has 1 N–H and O–H groups in total. The van der Waals surface area contributed by atoms with Crippen LogP contribution < -0.4 is 0 Å². The Morgan fingerprint density at radius 3 is 2.47 bits per heavy atom. The fraction of sp³-hybridized carbons (Fsp3) is 0.143. The maximum absolute atomic E-state index is 10.6. The van der Waals surface area contributed by atoms with E-state index in [9.17, 15) is 15.2 Å². The normalized spacial score (nSPS) is 13.7. The monoisotopic (exact) mass is 259 g/mol. The van der Waals surface area contributed by atoms with E-state index >= 15 is 0 Å². The highest BCUT2D eigenvalue weighted by Crippen LogP contribution is 2.33. The molecular weight excluding hydrogens is 246 g/mol. The van der Waals surface area contributed by atoms with E-state index in [1.165, 1.54) is 12.1 Å². The molecule has 2 aromatic rings. The molecule has 19 heavy (non-hydrogen) atoms. The molecule has 0 aliphatic carbocycles. The molecule has 2 rings (SSSR count). The van der Waals surface area contributed by atoms with Crippen LogP contribution >= 0.6 is 0 Å². The number of hydrogen-bond donors (Lipinski definition) is 1. The first kappa shape index (κ1) is 13.0. The Bertz CT molecular complexity index is 576. The quantitative estimate of drug-likeness (QED) is 0.508. The third-order valence-electron chi connectivity index (χ3n) is 2.86. The highest BCUT2D eigenvalue weighted by Gasteiger charge is 2.25. The van der Waals surface area contributed by atoms with Crippen molar-refractivity contribution in [2.75, 3.05) is 0 Å². The fourth-order valence-corrected chi connectivity index (χ4v) is 1.90. The van der Waals surface area contributed by atoms with E-state index in [1.54, 1.807) is 6.08 Å². The summed E-state index contributed by atoms with van der Waals surface area (Å²) in [5, 5.41) is 20.8. The topological polar surface area (TPSA) is 76.5 Å². The number of nitrogens with zero attached hydrogens (tertiary/aromatic N) is 1. The molecule has 0 saturated heterocycles. The predicted octanol–water partition coefficient (Wildman–Crippen LogP) is 3.19. The summed E-state index contributed by atoms with van der Waals surface area (Å²) in [6.07, 6.45) is 0.586. The number of nitro groups is 1. The molecule has 0 unspecified atom stereocenters. The van der Waals surface area contributed by atoms with E-state index in [2.05, 4.69) is 6.58 Å². The van der Waals surface area contributed by atoms with E-state index < -0.39 is 11.0 Å². The zero-order valence-electron chi connectivity index (χ0n) is 10.1. The number of benzene rings is 1. The second-order valence-electron chi connectivity index (χ2n) is 4.05. The SMILES string of the molecule is C=C[C@@H](c1ccccc1)[C@@H](O)c1ccc([N+](=O)[O-])o1. The molecule has 98 valence electrons. The lowest BCUT2D eigenvalue weighted by Crippen LogP contribution is -2.07. The Morgan fingerprint density at radius 2 is 1.95 bits per heavy atom. The van der Waals surface area contributed by atoms with Crippen molar-refractivity contribution in [1.29, 1.82) is 0 Å². The summed E-state index contributed by atoms with van der Waals surface area (Å²) in [6.45, 7) is 3.69. The molecule has 1 aromatic heterocycles. The molecule has 0 spiro atoms. The van der Waals surface area contributed by atoms with Gasteiger partial charge in [-0.1, -0.05) is 36.4 Å². The van der Waals surface area contributed by atoms with Crippen LogP contribution in [-0.2, 0) is 0 Å². The van der Waals surface area contributed by atoms with Gasteiger partial charge in [0, 0.05) is 5.92 Å². The summed E-state index contributed by atoms with van der Waals surface area (Å²) in [5.41, 5.74) is 0.865. The third kappa shape index (κ3) is 2.71.